The standard InChI is InChI=1S/C20H25N5O3/c1-13-8-15(2-3-17(13)25-7-5-22-20(25)28)19(27)23-16-9-14(10-18(16)26)11-24-6-4-21-12-24/h2-4,6,8,12,14,16,18,26H,5,7,9-11H2,1H3,(H,22,28)(H,23,27)/t14?,16-,18-/m1/s1. The number of aryl methyl sites for hydroxylation is 1. The monoisotopic (exact) mass is 383 g/mol. The lowest BCUT2D eigenvalue weighted by molar-refractivity contribution is 0.0872. The van der Waals surface area contributed by atoms with Crippen molar-refractivity contribution in [2.75, 3.05) is 18.0 Å². The van der Waals surface area contributed by atoms with Gasteiger partial charge in [0.05, 0.1) is 18.5 Å². The highest BCUT2D eigenvalue weighted by Crippen LogP contribution is 2.28. The molecule has 4 rings (SSSR count). The van der Waals surface area contributed by atoms with Crippen LogP contribution in [0.25, 0.3) is 0 Å². The summed E-state index contributed by atoms with van der Waals surface area (Å²) in [4.78, 5) is 30.3. The normalized spacial score (nSPS) is 24.4. The van der Waals surface area contributed by atoms with Crippen molar-refractivity contribution < 1.29 is 14.7 Å². The van der Waals surface area contributed by atoms with Crippen molar-refractivity contribution in [1.29, 1.82) is 0 Å². The van der Waals surface area contributed by atoms with Crippen molar-refractivity contribution >= 4 is 17.6 Å². The van der Waals surface area contributed by atoms with Gasteiger partial charge in [-0.2, -0.15) is 0 Å². The number of urea groups is 1. The van der Waals surface area contributed by atoms with Crippen LogP contribution in [0.3, 0.4) is 0 Å². The molecule has 1 aromatic heterocycles. The van der Waals surface area contributed by atoms with E-state index in [1.165, 1.54) is 0 Å². The van der Waals surface area contributed by atoms with Gasteiger partial charge in [0.2, 0.25) is 0 Å². The van der Waals surface area contributed by atoms with Gasteiger partial charge in [0.15, 0.2) is 0 Å². The molecule has 8 nitrogen and oxygen atoms in total. The molecule has 1 aromatic carbocycles. The van der Waals surface area contributed by atoms with E-state index >= 15 is 0 Å². The Morgan fingerprint density at radius 3 is 2.93 bits per heavy atom. The molecule has 1 saturated carbocycles. The second-order valence-electron chi connectivity index (χ2n) is 7.63. The molecule has 3 atom stereocenters. The summed E-state index contributed by atoms with van der Waals surface area (Å²) < 4.78 is 2.00. The summed E-state index contributed by atoms with van der Waals surface area (Å²) in [5.41, 5.74) is 2.22. The molecule has 0 radical (unpaired) electrons. The zero-order valence-electron chi connectivity index (χ0n) is 15.8. The summed E-state index contributed by atoms with van der Waals surface area (Å²) >= 11 is 0. The van der Waals surface area contributed by atoms with Crippen LogP contribution in [0.2, 0.25) is 0 Å². The molecule has 1 aliphatic heterocycles. The van der Waals surface area contributed by atoms with E-state index in [1.54, 1.807) is 29.6 Å². The molecule has 3 N–H and O–H groups in total. The van der Waals surface area contributed by atoms with Crippen molar-refractivity contribution in [2.45, 2.75) is 38.5 Å². The molecule has 1 saturated heterocycles. The third-order valence-electron chi connectivity index (χ3n) is 5.58. The lowest BCUT2D eigenvalue weighted by Crippen LogP contribution is -2.40. The van der Waals surface area contributed by atoms with E-state index in [0.29, 0.717) is 31.0 Å². The summed E-state index contributed by atoms with van der Waals surface area (Å²) in [6, 6.07) is 4.96. The van der Waals surface area contributed by atoms with Gasteiger partial charge in [0.1, 0.15) is 0 Å². The number of imidazole rings is 1. The third kappa shape index (κ3) is 3.73. The maximum absolute atomic E-state index is 12.7. The topological polar surface area (TPSA) is 99.5 Å². The first-order valence-corrected chi connectivity index (χ1v) is 9.62. The number of anilines is 1. The van der Waals surface area contributed by atoms with Gasteiger partial charge in [-0.25, -0.2) is 9.78 Å². The van der Waals surface area contributed by atoms with Gasteiger partial charge >= 0.3 is 6.03 Å². The molecular weight excluding hydrogens is 358 g/mol. The number of nitrogens with one attached hydrogen (secondary N) is 2. The summed E-state index contributed by atoms with van der Waals surface area (Å²) in [6.45, 7) is 3.93. The molecule has 0 bridgehead atoms. The first kappa shape index (κ1) is 18.5. The quantitative estimate of drug-likeness (QED) is 0.724. The molecule has 3 amide bonds. The van der Waals surface area contributed by atoms with E-state index in [1.807, 2.05) is 23.8 Å². The number of aliphatic hydroxyl groups excluding tert-OH is 1. The zero-order chi connectivity index (χ0) is 19.7. The van der Waals surface area contributed by atoms with Crippen LogP contribution in [0.4, 0.5) is 10.5 Å². The molecule has 0 spiro atoms. The molecule has 8 heteroatoms. The average Bonchev–Trinajstić information content (AvgIpc) is 3.39. The van der Waals surface area contributed by atoms with Gasteiger partial charge in [-0.3, -0.25) is 9.69 Å². The fourth-order valence-electron chi connectivity index (χ4n) is 4.17. The number of nitrogens with zero attached hydrogens (tertiary/aromatic N) is 3. The van der Waals surface area contributed by atoms with Crippen LogP contribution in [0.15, 0.2) is 36.9 Å². The second kappa shape index (κ2) is 7.63. The number of hydrogen-bond donors (Lipinski definition) is 3. The Kier molecular flexibility index (Phi) is 5.04. The Morgan fingerprint density at radius 1 is 1.39 bits per heavy atom. The Labute approximate surface area is 163 Å². The van der Waals surface area contributed by atoms with Crippen LogP contribution in [-0.4, -0.2) is 51.8 Å². The van der Waals surface area contributed by atoms with Crippen LogP contribution in [0.5, 0.6) is 0 Å². The largest absolute Gasteiger partial charge is 0.391 e. The number of aromatic nitrogens is 2. The highest BCUT2D eigenvalue weighted by molar-refractivity contribution is 5.98. The number of hydrogen-bond acceptors (Lipinski definition) is 4. The van der Waals surface area contributed by atoms with Crippen LogP contribution in [0, 0.1) is 12.8 Å². The Bertz CT molecular complexity index is 867. The first-order chi connectivity index (χ1) is 13.5. The first-order valence-electron chi connectivity index (χ1n) is 9.62. The van der Waals surface area contributed by atoms with Gasteiger partial charge in [-0.1, -0.05) is 0 Å². The van der Waals surface area contributed by atoms with Crippen molar-refractivity contribution in [3.63, 3.8) is 0 Å². The van der Waals surface area contributed by atoms with E-state index in [9.17, 15) is 14.7 Å². The Morgan fingerprint density at radius 2 is 2.25 bits per heavy atom. The number of carbonyl (C=O) groups excluding carboxylic acids is 2. The maximum atomic E-state index is 12.7. The van der Waals surface area contributed by atoms with Crippen molar-refractivity contribution in [1.82, 2.24) is 20.2 Å². The van der Waals surface area contributed by atoms with Crippen molar-refractivity contribution in [2.24, 2.45) is 5.92 Å². The summed E-state index contributed by atoms with van der Waals surface area (Å²) in [6.07, 6.45) is 6.25. The highest BCUT2D eigenvalue weighted by atomic mass is 16.3. The predicted octanol–water partition coefficient (Wildman–Crippen LogP) is 1.29. The van der Waals surface area contributed by atoms with E-state index < -0.39 is 6.10 Å². The van der Waals surface area contributed by atoms with E-state index in [-0.39, 0.29) is 18.0 Å². The van der Waals surface area contributed by atoms with E-state index in [2.05, 4.69) is 15.6 Å². The van der Waals surface area contributed by atoms with Crippen LogP contribution in [0.1, 0.15) is 28.8 Å². The van der Waals surface area contributed by atoms with Crippen LogP contribution >= 0.6 is 0 Å². The van der Waals surface area contributed by atoms with Crippen molar-refractivity contribution in [3.8, 4) is 0 Å². The molecule has 2 heterocycles. The highest BCUT2D eigenvalue weighted by Gasteiger charge is 2.34. The Balaban J connectivity index is 1.39. The number of benzene rings is 1. The smallest absolute Gasteiger partial charge is 0.322 e. The molecule has 1 unspecified atom stereocenters. The predicted molar refractivity (Wildman–Crippen MR) is 104 cm³/mol. The lowest BCUT2D eigenvalue weighted by atomic mass is 10.1. The fraction of sp³-hybridized carbons (Fsp3) is 0.450. The lowest BCUT2D eigenvalue weighted by Gasteiger charge is -2.19. The molecule has 1 aliphatic carbocycles. The van der Waals surface area contributed by atoms with Gasteiger partial charge in [-0.05, 0) is 49.4 Å². The molecule has 2 aromatic rings. The second-order valence-corrected chi connectivity index (χ2v) is 7.63. The van der Waals surface area contributed by atoms with Gasteiger partial charge in [0.25, 0.3) is 5.91 Å². The number of aliphatic hydroxyl groups is 1. The Hall–Kier alpha value is -2.87. The van der Waals surface area contributed by atoms with Gasteiger partial charge in [0, 0.05) is 43.3 Å². The molecule has 148 valence electrons. The minimum atomic E-state index is -0.550. The van der Waals surface area contributed by atoms with Crippen molar-refractivity contribution in [3.05, 3.63) is 48.0 Å². The molecular formula is C20H25N5O3. The SMILES string of the molecule is Cc1cc(C(=O)N[C@@H]2CC(Cn3ccnc3)C[C@H]2O)ccc1N1CCNC1=O. The summed E-state index contributed by atoms with van der Waals surface area (Å²) in [7, 11) is 0. The minimum Gasteiger partial charge on any atom is -0.391 e. The van der Waals surface area contributed by atoms with E-state index in [4.69, 9.17) is 0 Å². The van der Waals surface area contributed by atoms with E-state index in [0.717, 1.165) is 24.2 Å². The maximum Gasteiger partial charge on any atom is 0.322 e. The third-order valence-corrected chi connectivity index (χ3v) is 5.58. The molecule has 2 aliphatic rings. The fourth-order valence-corrected chi connectivity index (χ4v) is 4.17. The summed E-state index contributed by atoms with van der Waals surface area (Å²) in [5.74, 6) is 0.0974. The van der Waals surface area contributed by atoms with Crippen LogP contribution < -0.4 is 15.5 Å². The average molecular weight is 383 g/mol. The minimum absolute atomic E-state index is 0.113. The molecule has 28 heavy (non-hydrogen) atoms. The van der Waals surface area contributed by atoms with Crippen LogP contribution in [-0.2, 0) is 6.54 Å². The van der Waals surface area contributed by atoms with Gasteiger partial charge in [-0.15, -0.1) is 0 Å². The number of amides is 3. The molecule has 2 fully saturated rings. The summed E-state index contributed by atoms with van der Waals surface area (Å²) in [5, 5.41) is 16.1. The number of rotatable bonds is 5. The number of carbonyl (C=O) groups is 2. The zero-order valence-corrected chi connectivity index (χ0v) is 15.8. The van der Waals surface area contributed by atoms with Gasteiger partial charge < -0.3 is 20.3 Å².